The van der Waals surface area contributed by atoms with Crippen LogP contribution in [0.4, 0.5) is 0 Å². The van der Waals surface area contributed by atoms with E-state index in [9.17, 15) is 35.4 Å². The van der Waals surface area contributed by atoms with Gasteiger partial charge in [0.2, 0.25) is 0 Å². The van der Waals surface area contributed by atoms with Crippen molar-refractivity contribution in [2.75, 3.05) is 13.2 Å². The van der Waals surface area contributed by atoms with Crippen LogP contribution in [-0.2, 0) is 16.0 Å². The van der Waals surface area contributed by atoms with Crippen LogP contribution < -0.4 is 11.3 Å². The highest BCUT2D eigenvalue weighted by molar-refractivity contribution is 5.80. The molecule has 0 aromatic heterocycles. The van der Waals surface area contributed by atoms with Gasteiger partial charge in [0, 0.05) is 6.42 Å². The molecule has 0 aliphatic rings. The number of rotatable bonds is 10. The SMILES string of the molecule is CC(Cc1ccc(O)c(O)c1)(NN)C(=O)OC[C@@H](O)[C@@H](O)[C@H](O)[C@H](O)CO. The van der Waals surface area contributed by atoms with Crippen molar-refractivity contribution >= 4 is 5.97 Å². The molecule has 10 N–H and O–H groups in total. The van der Waals surface area contributed by atoms with E-state index in [0.717, 1.165) is 0 Å². The van der Waals surface area contributed by atoms with E-state index in [-0.39, 0.29) is 17.9 Å². The zero-order valence-electron chi connectivity index (χ0n) is 14.7. The van der Waals surface area contributed by atoms with Crippen molar-refractivity contribution in [3.63, 3.8) is 0 Å². The maximum Gasteiger partial charge on any atom is 0.327 e. The molecule has 0 spiro atoms. The third kappa shape index (κ3) is 6.01. The summed E-state index contributed by atoms with van der Waals surface area (Å²) >= 11 is 0. The van der Waals surface area contributed by atoms with E-state index >= 15 is 0 Å². The second-order valence-corrected chi connectivity index (χ2v) is 6.37. The highest BCUT2D eigenvalue weighted by atomic mass is 16.5. The van der Waals surface area contributed by atoms with Gasteiger partial charge in [0.15, 0.2) is 11.5 Å². The summed E-state index contributed by atoms with van der Waals surface area (Å²) in [6.07, 6.45) is -7.16. The number of carbonyl (C=O) groups excluding carboxylic acids is 1. The molecule has 0 aliphatic heterocycles. The first-order valence-electron chi connectivity index (χ1n) is 8.04. The molecule has 0 radical (unpaired) electrons. The second kappa shape index (κ2) is 9.80. The molecule has 154 valence electrons. The van der Waals surface area contributed by atoms with Gasteiger partial charge >= 0.3 is 5.97 Å². The zero-order chi connectivity index (χ0) is 20.8. The summed E-state index contributed by atoms with van der Waals surface area (Å²) in [5.74, 6) is 3.81. The number of aliphatic hydroxyl groups excluding tert-OH is 5. The predicted octanol–water partition coefficient (Wildman–Crippen LogP) is -3.16. The Bertz CT molecular complexity index is 630. The van der Waals surface area contributed by atoms with Gasteiger partial charge < -0.3 is 40.5 Å². The van der Waals surface area contributed by atoms with E-state index in [4.69, 9.17) is 15.7 Å². The topological polar surface area (TPSA) is 206 Å². The lowest BCUT2D eigenvalue weighted by Gasteiger charge is -2.29. The lowest BCUT2D eigenvalue weighted by atomic mass is 9.93. The lowest BCUT2D eigenvalue weighted by Crippen LogP contribution is -2.56. The van der Waals surface area contributed by atoms with Crippen LogP contribution in [-0.4, -0.2) is 84.9 Å². The summed E-state index contributed by atoms with van der Waals surface area (Å²) in [6.45, 7) is -0.154. The average Bonchev–Trinajstić information content (AvgIpc) is 2.66. The Balaban J connectivity index is 2.72. The van der Waals surface area contributed by atoms with E-state index in [2.05, 4.69) is 5.43 Å². The summed E-state index contributed by atoms with van der Waals surface area (Å²) < 4.78 is 4.91. The van der Waals surface area contributed by atoms with Gasteiger partial charge in [0.25, 0.3) is 0 Å². The number of nitrogens with two attached hydrogens (primary N) is 1. The van der Waals surface area contributed by atoms with E-state index in [1.54, 1.807) is 0 Å². The van der Waals surface area contributed by atoms with Crippen LogP contribution in [0.1, 0.15) is 12.5 Å². The Morgan fingerprint density at radius 3 is 2.26 bits per heavy atom. The van der Waals surface area contributed by atoms with Crippen molar-refractivity contribution in [3.05, 3.63) is 23.8 Å². The van der Waals surface area contributed by atoms with Crippen molar-refractivity contribution in [1.29, 1.82) is 0 Å². The monoisotopic (exact) mass is 390 g/mol. The minimum absolute atomic E-state index is 0.0410. The molecule has 0 bridgehead atoms. The Labute approximate surface area is 155 Å². The maximum absolute atomic E-state index is 12.3. The largest absolute Gasteiger partial charge is 0.504 e. The Morgan fingerprint density at radius 2 is 1.74 bits per heavy atom. The number of benzene rings is 1. The van der Waals surface area contributed by atoms with Gasteiger partial charge in [-0.3, -0.25) is 5.84 Å². The van der Waals surface area contributed by atoms with Gasteiger partial charge in [-0.2, -0.15) is 0 Å². The number of hydrogen-bond acceptors (Lipinski definition) is 11. The van der Waals surface area contributed by atoms with Gasteiger partial charge in [-0.25, -0.2) is 10.2 Å². The van der Waals surface area contributed by atoms with Crippen LogP contribution in [0.2, 0.25) is 0 Å². The molecular formula is C16H26N2O9. The number of phenolic OH excluding ortho intramolecular Hbond substituents is 2. The molecule has 1 unspecified atom stereocenters. The van der Waals surface area contributed by atoms with Crippen LogP contribution in [0.5, 0.6) is 11.5 Å². The highest BCUT2D eigenvalue weighted by Crippen LogP contribution is 2.27. The van der Waals surface area contributed by atoms with Crippen LogP contribution in [0.25, 0.3) is 0 Å². The number of aliphatic hydroxyl groups is 5. The Kier molecular flexibility index (Phi) is 8.37. The smallest absolute Gasteiger partial charge is 0.327 e. The highest BCUT2D eigenvalue weighted by Gasteiger charge is 2.36. The van der Waals surface area contributed by atoms with Crippen LogP contribution in [0.3, 0.4) is 0 Å². The maximum atomic E-state index is 12.3. The van der Waals surface area contributed by atoms with Crippen molar-refractivity contribution in [1.82, 2.24) is 5.43 Å². The summed E-state index contributed by atoms with van der Waals surface area (Å²) in [6, 6.07) is 3.94. The summed E-state index contributed by atoms with van der Waals surface area (Å²) in [4.78, 5) is 12.3. The number of carbonyl (C=O) groups is 1. The number of nitrogens with one attached hydrogen (secondary N) is 1. The minimum atomic E-state index is -1.87. The zero-order valence-corrected chi connectivity index (χ0v) is 14.7. The van der Waals surface area contributed by atoms with E-state index < -0.39 is 49.1 Å². The first kappa shape index (κ1) is 23.0. The Morgan fingerprint density at radius 1 is 1.15 bits per heavy atom. The molecule has 0 heterocycles. The molecule has 0 saturated carbocycles. The van der Waals surface area contributed by atoms with Crippen molar-refractivity contribution in [3.8, 4) is 11.5 Å². The first-order chi connectivity index (χ1) is 12.6. The molecule has 0 fully saturated rings. The first-order valence-corrected chi connectivity index (χ1v) is 8.04. The summed E-state index contributed by atoms with van der Waals surface area (Å²) in [7, 11) is 0. The third-order valence-corrected chi connectivity index (χ3v) is 4.08. The molecule has 0 amide bonds. The molecule has 11 nitrogen and oxygen atoms in total. The standard InChI is InChI=1S/C16H26N2O9/c1-16(18-17,5-8-2-3-9(20)10(21)4-8)15(26)27-7-12(23)14(25)13(24)11(22)6-19/h2-4,11-14,18-25H,5-7,17H2,1H3/t11-,12-,13-,14-,16?/m1/s1. The van der Waals surface area contributed by atoms with Gasteiger partial charge in [-0.05, 0) is 24.6 Å². The molecular weight excluding hydrogens is 364 g/mol. The molecule has 1 rings (SSSR count). The fourth-order valence-electron chi connectivity index (χ4n) is 2.25. The predicted molar refractivity (Wildman–Crippen MR) is 91.3 cm³/mol. The third-order valence-electron chi connectivity index (χ3n) is 4.08. The molecule has 1 aromatic rings. The molecule has 0 aliphatic carbocycles. The fourth-order valence-corrected chi connectivity index (χ4v) is 2.25. The number of aromatic hydroxyl groups is 2. The normalized spacial score (nSPS) is 18.2. The number of phenols is 2. The number of hydrogen-bond donors (Lipinski definition) is 9. The van der Waals surface area contributed by atoms with E-state index in [0.29, 0.717) is 5.56 Å². The van der Waals surface area contributed by atoms with Gasteiger partial charge in [0.05, 0.1) is 6.61 Å². The summed E-state index contributed by atoms with van der Waals surface area (Å²) in [5, 5.41) is 65.8. The van der Waals surface area contributed by atoms with Gasteiger partial charge in [-0.15, -0.1) is 0 Å². The van der Waals surface area contributed by atoms with Gasteiger partial charge in [0.1, 0.15) is 36.6 Å². The number of hydrazine groups is 1. The van der Waals surface area contributed by atoms with Gasteiger partial charge in [-0.1, -0.05) is 6.07 Å². The van der Waals surface area contributed by atoms with E-state index in [1.165, 1.54) is 25.1 Å². The van der Waals surface area contributed by atoms with Crippen molar-refractivity contribution in [2.24, 2.45) is 5.84 Å². The second-order valence-electron chi connectivity index (χ2n) is 6.37. The quantitative estimate of drug-likeness (QED) is 0.0843. The molecule has 0 saturated heterocycles. The molecule has 11 heteroatoms. The summed E-state index contributed by atoms with van der Waals surface area (Å²) in [5.41, 5.74) is 1.25. The van der Waals surface area contributed by atoms with Crippen LogP contribution in [0.15, 0.2) is 18.2 Å². The average molecular weight is 390 g/mol. The minimum Gasteiger partial charge on any atom is -0.504 e. The van der Waals surface area contributed by atoms with Crippen LogP contribution in [0, 0.1) is 0 Å². The number of ether oxygens (including phenoxy) is 1. The Hall–Kier alpha value is -1.99. The van der Waals surface area contributed by atoms with Crippen molar-refractivity contribution < 1.29 is 45.3 Å². The molecule has 27 heavy (non-hydrogen) atoms. The van der Waals surface area contributed by atoms with E-state index in [1.807, 2.05) is 0 Å². The molecule has 1 aromatic carbocycles. The van der Waals surface area contributed by atoms with Crippen LogP contribution >= 0.6 is 0 Å². The molecule has 5 atom stereocenters. The number of esters is 1. The van der Waals surface area contributed by atoms with Crippen molar-refractivity contribution in [2.45, 2.75) is 43.3 Å². The fraction of sp³-hybridized carbons (Fsp3) is 0.562. The lowest BCUT2D eigenvalue weighted by molar-refractivity contribution is -0.162.